The summed E-state index contributed by atoms with van der Waals surface area (Å²) in [5.74, 6) is -1.02. The van der Waals surface area contributed by atoms with Gasteiger partial charge in [0.25, 0.3) is 0 Å². The Kier molecular flexibility index (Phi) is 5.66. The molecule has 2 aromatic rings. The first-order chi connectivity index (χ1) is 10.5. The molecule has 0 aliphatic heterocycles. The molecule has 4 nitrogen and oxygen atoms in total. The summed E-state index contributed by atoms with van der Waals surface area (Å²) in [4.78, 5) is 23.7. The third kappa shape index (κ3) is 4.37. The van der Waals surface area contributed by atoms with Gasteiger partial charge in [0, 0.05) is 0 Å². The van der Waals surface area contributed by atoms with Gasteiger partial charge in [-0.3, -0.25) is 9.59 Å². The van der Waals surface area contributed by atoms with Crippen LogP contribution in [-0.2, 0) is 9.59 Å². The van der Waals surface area contributed by atoms with E-state index in [1.54, 1.807) is 42.5 Å². The van der Waals surface area contributed by atoms with Crippen LogP contribution in [0, 0.1) is 0 Å². The van der Waals surface area contributed by atoms with Crippen LogP contribution in [0.5, 0.6) is 0 Å². The molecule has 0 saturated heterocycles. The highest BCUT2D eigenvalue weighted by molar-refractivity contribution is 6.40. The molecule has 0 heterocycles. The van der Waals surface area contributed by atoms with Crippen LogP contribution in [-0.4, -0.2) is 11.8 Å². The van der Waals surface area contributed by atoms with Gasteiger partial charge in [0.2, 0.25) is 11.8 Å². The number of hydrogen-bond acceptors (Lipinski definition) is 2. The second-order valence-electron chi connectivity index (χ2n) is 4.35. The number of carbonyl (C=O) groups excluding carboxylic acids is 2. The Hall–Kier alpha value is -1.75. The van der Waals surface area contributed by atoms with Gasteiger partial charge in [-0.1, -0.05) is 53.0 Å². The van der Waals surface area contributed by atoms with Gasteiger partial charge < -0.3 is 10.6 Å². The molecule has 2 rings (SSSR count). The van der Waals surface area contributed by atoms with Crippen molar-refractivity contribution in [2.24, 2.45) is 0 Å². The van der Waals surface area contributed by atoms with Gasteiger partial charge in [-0.05, 0) is 24.3 Å². The molecule has 22 heavy (non-hydrogen) atoms. The third-order valence-corrected chi connectivity index (χ3v) is 3.66. The van der Waals surface area contributed by atoms with E-state index in [2.05, 4.69) is 10.6 Å². The van der Waals surface area contributed by atoms with Crippen LogP contribution in [0.2, 0.25) is 15.1 Å². The van der Waals surface area contributed by atoms with Crippen molar-refractivity contribution >= 4 is 58.0 Å². The molecule has 0 atom stereocenters. The average molecular weight is 358 g/mol. The van der Waals surface area contributed by atoms with Crippen LogP contribution >= 0.6 is 34.8 Å². The van der Waals surface area contributed by atoms with E-state index in [4.69, 9.17) is 34.8 Å². The van der Waals surface area contributed by atoms with E-state index < -0.39 is 11.8 Å². The first-order valence-corrected chi connectivity index (χ1v) is 7.39. The molecule has 0 unspecified atom stereocenters. The maximum absolute atomic E-state index is 11.9. The maximum atomic E-state index is 11.9. The molecule has 0 aliphatic carbocycles. The molecule has 114 valence electrons. The van der Waals surface area contributed by atoms with E-state index in [1.807, 2.05) is 0 Å². The standard InChI is InChI=1S/C15H11Cl3N2O2/c16-9-4-1-2-7-12(9)19-13(21)8-14(22)20-15-10(17)5-3-6-11(15)18/h1-7H,8H2,(H,19,21)(H,20,22). The Labute approximate surface area is 142 Å². The summed E-state index contributed by atoms with van der Waals surface area (Å²) in [5.41, 5.74) is 0.721. The van der Waals surface area contributed by atoms with Gasteiger partial charge in [0.05, 0.1) is 26.4 Å². The normalized spacial score (nSPS) is 10.1. The highest BCUT2D eigenvalue weighted by atomic mass is 35.5. The lowest BCUT2D eigenvalue weighted by Gasteiger charge is -2.10. The number of nitrogens with one attached hydrogen (secondary N) is 2. The lowest BCUT2D eigenvalue weighted by molar-refractivity contribution is -0.123. The Balaban J connectivity index is 1.98. The third-order valence-electron chi connectivity index (χ3n) is 2.70. The molecule has 0 bridgehead atoms. The molecule has 0 aromatic heterocycles. The average Bonchev–Trinajstić information content (AvgIpc) is 2.45. The molecule has 2 aromatic carbocycles. The molecule has 0 saturated carbocycles. The van der Waals surface area contributed by atoms with Gasteiger partial charge in [-0.25, -0.2) is 0 Å². The Morgan fingerprint density at radius 1 is 0.773 bits per heavy atom. The fourth-order valence-electron chi connectivity index (χ4n) is 1.70. The number of halogens is 3. The van der Waals surface area contributed by atoms with Crippen molar-refractivity contribution in [2.75, 3.05) is 10.6 Å². The molecule has 0 radical (unpaired) electrons. The van der Waals surface area contributed by atoms with Crippen LogP contribution in [0.4, 0.5) is 11.4 Å². The van der Waals surface area contributed by atoms with Gasteiger partial charge in [0.15, 0.2) is 0 Å². The molecule has 0 aliphatic rings. The minimum absolute atomic E-state index is 0.279. The summed E-state index contributed by atoms with van der Waals surface area (Å²) in [6.45, 7) is 0. The number of anilines is 2. The quantitative estimate of drug-likeness (QED) is 0.785. The summed E-state index contributed by atoms with van der Waals surface area (Å²) in [7, 11) is 0. The molecular weight excluding hydrogens is 347 g/mol. The smallest absolute Gasteiger partial charge is 0.233 e. The first-order valence-electron chi connectivity index (χ1n) is 6.25. The molecule has 7 heteroatoms. The topological polar surface area (TPSA) is 58.2 Å². The predicted molar refractivity (Wildman–Crippen MR) is 89.8 cm³/mol. The van der Waals surface area contributed by atoms with Gasteiger partial charge in [-0.2, -0.15) is 0 Å². The summed E-state index contributed by atoms with van der Waals surface area (Å²) < 4.78 is 0. The van der Waals surface area contributed by atoms with Crippen molar-refractivity contribution in [3.8, 4) is 0 Å². The van der Waals surface area contributed by atoms with Crippen molar-refractivity contribution in [2.45, 2.75) is 6.42 Å². The van der Waals surface area contributed by atoms with Gasteiger partial charge >= 0.3 is 0 Å². The molecule has 0 fully saturated rings. The molecular formula is C15H11Cl3N2O2. The van der Waals surface area contributed by atoms with Gasteiger partial charge in [-0.15, -0.1) is 0 Å². The molecule has 0 spiro atoms. The predicted octanol–water partition coefficient (Wildman–Crippen LogP) is 4.61. The summed E-state index contributed by atoms with van der Waals surface area (Å²) >= 11 is 17.8. The SMILES string of the molecule is O=C(CC(=O)Nc1c(Cl)cccc1Cl)Nc1ccccc1Cl. The van der Waals surface area contributed by atoms with E-state index in [9.17, 15) is 9.59 Å². The van der Waals surface area contributed by atoms with Crippen LogP contribution in [0.15, 0.2) is 42.5 Å². The zero-order chi connectivity index (χ0) is 16.1. The second kappa shape index (κ2) is 7.49. The van der Waals surface area contributed by atoms with Crippen LogP contribution in [0.3, 0.4) is 0 Å². The maximum Gasteiger partial charge on any atom is 0.233 e. The number of amides is 2. The lowest BCUT2D eigenvalue weighted by Crippen LogP contribution is -2.21. The van der Waals surface area contributed by atoms with Crippen molar-refractivity contribution in [3.05, 3.63) is 57.5 Å². The van der Waals surface area contributed by atoms with Crippen LogP contribution in [0.25, 0.3) is 0 Å². The first kappa shape index (κ1) is 16.6. The number of benzene rings is 2. The number of rotatable bonds is 4. The van der Waals surface area contributed by atoms with E-state index in [0.717, 1.165) is 0 Å². The Morgan fingerprint density at radius 3 is 1.95 bits per heavy atom. The van der Waals surface area contributed by atoms with E-state index in [0.29, 0.717) is 20.8 Å². The number of hydrogen-bond donors (Lipinski definition) is 2. The fraction of sp³-hybridized carbons (Fsp3) is 0.0667. The van der Waals surface area contributed by atoms with Gasteiger partial charge in [0.1, 0.15) is 6.42 Å². The Morgan fingerprint density at radius 2 is 1.32 bits per heavy atom. The van der Waals surface area contributed by atoms with E-state index >= 15 is 0 Å². The van der Waals surface area contributed by atoms with Crippen molar-refractivity contribution in [3.63, 3.8) is 0 Å². The van der Waals surface area contributed by atoms with Crippen LogP contribution in [0.1, 0.15) is 6.42 Å². The van der Waals surface area contributed by atoms with Crippen molar-refractivity contribution < 1.29 is 9.59 Å². The molecule has 2 amide bonds. The number of carbonyl (C=O) groups is 2. The van der Waals surface area contributed by atoms with Crippen LogP contribution < -0.4 is 10.6 Å². The molecule has 2 N–H and O–H groups in total. The summed E-state index contributed by atoms with van der Waals surface area (Å²) in [6.07, 6.45) is -0.382. The Bertz CT molecular complexity index is 699. The summed E-state index contributed by atoms with van der Waals surface area (Å²) in [5, 5.41) is 6.06. The largest absolute Gasteiger partial charge is 0.324 e. The minimum Gasteiger partial charge on any atom is -0.324 e. The highest BCUT2D eigenvalue weighted by Crippen LogP contribution is 2.29. The van der Waals surface area contributed by atoms with Crippen molar-refractivity contribution in [1.82, 2.24) is 0 Å². The van der Waals surface area contributed by atoms with E-state index in [1.165, 1.54) is 0 Å². The van der Waals surface area contributed by atoms with Crippen molar-refractivity contribution in [1.29, 1.82) is 0 Å². The lowest BCUT2D eigenvalue weighted by atomic mass is 10.2. The minimum atomic E-state index is -0.528. The summed E-state index contributed by atoms with van der Waals surface area (Å²) in [6, 6.07) is 11.6. The zero-order valence-electron chi connectivity index (χ0n) is 11.2. The van der Waals surface area contributed by atoms with E-state index in [-0.39, 0.29) is 12.1 Å². The fourth-order valence-corrected chi connectivity index (χ4v) is 2.38. The monoisotopic (exact) mass is 356 g/mol. The number of para-hydroxylation sites is 2. The zero-order valence-corrected chi connectivity index (χ0v) is 13.5. The second-order valence-corrected chi connectivity index (χ2v) is 5.57. The highest BCUT2D eigenvalue weighted by Gasteiger charge is 2.14.